The van der Waals surface area contributed by atoms with Gasteiger partial charge in [-0.1, -0.05) is 11.6 Å². The Morgan fingerprint density at radius 2 is 2.44 bits per heavy atom. The van der Waals surface area contributed by atoms with E-state index in [1.807, 2.05) is 0 Å². The van der Waals surface area contributed by atoms with E-state index in [4.69, 9.17) is 22.8 Å². The van der Waals surface area contributed by atoms with Crippen LogP contribution in [-0.2, 0) is 11.3 Å². The van der Waals surface area contributed by atoms with Crippen LogP contribution in [0.15, 0.2) is 11.0 Å². The molecule has 1 N–H and O–H groups in total. The molecular formula is C12H16ClN3O2. The molecule has 0 atom stereocenters. The van der Waals surface area contributed by atoms with Gasteiger partial charge in [0.15, 0.2) is 0 Å². The van der Waals surface area contributed by atoms with Crippen LogP contribution in [0.5, 0.6) is 0 Å². The lowest BCUT2D eigenvalue weighted by Gasteiger charge is -2.09. The highest BCUT2D eigenvalue weighted by Gasteiger charge is 2.08. The Bertz CT molecular complexity index is 479. The number of terminal acetylenes is 1. The van der Waals surface area contributed by atoms with Gasteiger partial charge in [0.2, 0.25) is 0 Å². The number of hydrogen-bond acceptors (Lipinski definition) is 4. The van der Waals surface area contributed by atoms with Crippen molar-refractivity contribution in [2.45, 2.75) is 19.4 Å². The van der Waals surface area contributed by atoms with Crippen LogP contribution in [0, 0.1) is 12.3 Å². The van der Waals surface area contributed by atoms with Gasteiger partial charge >= 0.3 is 0 Å². The number of rotatable bonds is 7. The maximum atomic E-state index is 11.8. The molecule has 0 saturated heterocycles. The lowest BCUT2D eigenvalue weighted by molar-refractivity contribution is 0.182. The van der Waals surface area contributed by atoms with Crippen LogP contribution in [0.25, 0.3) is 0 Å². The first-order valence-electron chi connectivity index (χ1n) is 5.62. The van der Waals surface area contributed by atoms with Crippen molar-refractivity contribution in [2.24, 2.45) is 0 Å². The summed E-state index contributed by atoms with van der Waals surface area (Å²) < 4.78 is 6.16. The van der Waals surface area contributed by atoms with Crippen molar-refractivity contribution in [3.8, 4) is 12.3 Å². The second-order valence-corrected chi connectivity index (χ2v) is 4.01. The molecule has 18 heavy (non-hydrogen) atoms. The van der Waals surface area contributed by atoms with Crippen LogP contribution in [0.3, 0.4) is 0 Å². The summed E-state index contributed by atoms with van der Waals surface area (Å²) >= 11 is 5.97. The van der Waals surface area contributed by atoms with E-state index in [1.54, 1.807) is 7.11 Å². The van der Waals surface area contributed by atoms with Gasteiger partial charge in [0.05, 0.1) is 25.0 Å². The number of methoxy groups -OCH3 is 1. The second kappa shape index (κ2) is 7.75. The molecule has 0 saturated carbocycles. The highest BCUT2D eigenvalue weighted by atomic mass is 35.5. The van der Waals surface area contributed by atoms with Crippen LogP contribution in [-0.4, -0.2) is 30.0 Å². The molecule has 0 amide bonds. The van der Waals surface area contributed by atoms with E-state index in [0.29, 0.717) is 31.8 Å². The van der Waals surface area contributed by atoms with Gasteiger partial charge in [-0.05, 0) is 6.42 Å². The molecule has 0 radical (unpaired) electrons. The summed E-state index contributed by atoms with van der Waals surface area (Å²) in [5.41, 5.74) is 0.211. The van der Waals surface area contributed by atoms with Crippen LogP contribution >= 0.6 is 11.6 Å². The van der Waals surface area contributed by atoms with E-state index >= 15 is 0 Å². The number of ether oxygens (including phenoxy) is 1. The lowest BCUT2D eigenvalue weighted by atomic mass is 10.3. The first kappa shape index (κ1) is 14.6. The maximum absolute atomic E-state index is 11.8. The predicted molar refractivity (Wildman–Crippen MR) is 71.9 cm³/mol. The number of nitrogens with zero attached hydrogens (tertiary/aromatic N) is 2. The quantitative estimate of drug-likeness (QED) is 0.600. The molecule has 0 bridgehead atoms. The monoisotopic (exact) mass is 269 g/mol. The average molecular weight is 270 g/mol. The molecule has 0 aliphatic heterocycles. The minimum atomic E-state index is -0.323. The normalized spacial score (nSPS) is 10.1. The largest absolute Gasteiger partial charge is 0.383 e. The summed E-state index contributed by atoms with van der Waals surface area (Å²) in [6.07, 6.45) is 8.19. The smallest absolute Gasteiger partial charge is 0.287 e. The van der Waals surface area contributed by atoms with Gasteiger partial charge in [0.25, 0.3) is 5.56 Å². The minimum Gasteiger partial charge on any atom is -0.383 e. The topological polar surface area (TPSA) is 56.1 Å². The van der Waals surface area contributed by atoms with E-state index in [0.717, 1.165) is 6.42 Å². The molecule has 0 aliphatic carbocycles. The molecule has 0 aromatic carbocycles. The van der Waals surface area contributed by atoms with Crippen molar-refractivity contribution in [3.05, 3.63) is 21.6 Å². The van der Waals surface area contributed by atoms with Crippen molar-refractivity contribution in [2.75, 3.05) is 25.6 Å². The molecule has 1 aromatic heterocycles. The average Bonchev–Trinajstić information content (AvgIpc) is 2.38. The van der Waals surface area contributed by atoms with Gasteiger partial charge in [0, 0.05) is 20.1 Å². The molecule has 1 heterocycles. The third kappa shape index (κ3) is 4.06. The van der Waals surface area contributed by atoms with Gasteiger partial charge in [0.1, 0.15) is 5.02 Å². The van der Waals surface area contributed by atoms with Gasteiger partial charge < -0.3 is 10.1 Å². The van der Waals surface area contributed by atoms with E-state index in [9.17, 15) is 4.79 Å². The minimum absolute atomic E-state index is 0.141. The van der Waals surface area contributed by atoms with Crippen molar-refractivity contribution < 1.29 is 4.74 Å². The number of aromatic nitrogens is 2. The molecule has 0 unspecified atom stereocenters. The zero-order valence-electron chi connectivity index (χ0n) is 10.3. The summed E-state index contributed by atoms with van der Waals surface area (Å²) in [6, 6.07) is 0. The lowest BCUT2D eigenvalue weighted by Crippen LogP contribution is -2.26. The molecule has 0 aliphatic rings. The van der Waals surface area contributed by atoms with Gasteiger partial charge in [-0.25, -0.2) is 4.68 Å². The van der Waals surface area contributed by atoms with Crippen LogP contribution < -0.4 is 10.9 Å². The fourth-order valence-electron chi connectivity index (χ4n) is 1.34. The molecule has 1 aromatic rings. The molecule has 0 spiro atoms. The van der Waals surface area contributed by atoms with Gasteiger partial charge in [-0.3, -0.25) is 4.79 Å². The zero-order chi connectivity index (χ0) is 13.4. The summed E-state index contributed by atoms with van der Waals surface area (Å²) in [7, 11) is 1.56. The highest BCUT2D eigenvalue weighted by molar-refractivity contribution is 6.32. The summed E-state index contributed by atoms with van der Waals surface area (Å²) in [4.78, 5) is 11.8. The molecule has 0 fully saturated rings. The van der Waals surface area contributed by atoms with E-state index in [2.05, 4.69) is 16.3 Å². The first-order valence-corrected chi connectivity index (χ1v) is 6.00. The van der Waals surface area contributed by atoms with Crippen LogP contribution in [0.2, 0.25) is 5.02 Å². The van der Waals surface area contributed by atoms with Gasteiger partial charge in [-0.2, -0.15) is 5.10 Å². The Labute approximate surface area is 111 Å². The number of unbranched alkanes of at least 4 members (excludes halogenated alkanes) is 1. The Balaban J connectivity index is 2.69. The highest BCUT2D eigenvalue weighted by Crippen LogP contribution is 2.14. The van der Waals surface area contributed by atoms with Crippen molar-refractivity contribution in [1.82, 2.24) is 9.78 Å². The second-order valence-electron chi connectivity index (χ2n) is 3.63. The Hall–Kier alpha value is -1.51. The number of halogens is 1. The fourth-order valence-corrected chi connectivity index (χ4v) is 1.55. The van der Waals surface area contributed by atoms with E-state index in [1.165, 1.54) is 10.9 Å². The molecule has 5 nitrogen and oxygen atoms in total. The number of anilines is 1. The summed E-state index contributed by atoms with van der Waals surface area (Å²) in [5, 5.41) is 7.19. The maximum Gasteiger partial charge on any atom is 0.287 e. The summed E-state index contributed by atoms with van der Waals surface area (Å²) in [6.45, 7) is 1.46. The van der Waals surface area contributed by atoms with Crippen LogP contribution in [0.1, 0.15) is 12.8 Å². The SMILES string of the molecule is C#CCCCNc1cnn(CCOC)c(=O)c1Cl. The van der Waals surface area contributed by atoms with Gasteiger partial charge in [-0.15, -0.1) is 12.3 Å². The Morgan fingerprint density at radius 3 is 3.11 bits per heavy atom. The first-order chi connectivity index (χ1) is 8.70. The standard InChI is InChI=1S/C12H16ClN3O2/c1-3-4-5-6-14-10-9-15-16(7-8-18-2)12(17)11(10)13/h1,9,14H,4-8H2,2H3. The van der Waals surface area contributed by atoms with Crippen molar-refractivity contribution in [1.29, 1.82) is 0 Å². The number of nitrogens with one attached hydrogen (secondary N) is 1. The Kier molecular flexibility index (Phi) is 6.26. The fraction of sp³-hybridized carbons (Fsp3) is 0.500. The third-order valence-corrected chi connectivity index (χ3v) is 2.67. The molecule has 6 heteroatoms. The van der Waals surface area contributed by atoms with E-state index in [-0.39, 0.29) is 10.6 Å². The Morgan fingerprint density at radius 1 is 1.67 bits per heavy atom. The van der Waals surface area contributed by atoms with E-state index < -0.39 is 0 Å². The van der Waals surface area contributed by atoms with Crippen molar-refractivity contribution in [3.63, 3.8) is 0 Å². The molecular weight excluding hydrogens is 254 g/mol. The zero-order valence-corrected chi connectivity index (χ0v) is 11.0. The number of hydrogen-bond donors (Lipinski definition) is 1. The van der Waals surface area contributed by atoms with Crippen molar-refractivity contribution >= 4 is 17.3 Å². The molecule has 98 valence electrons. The van der Waals surface area contributed by atoms with Crippen LogP contribution in [0.4, 0.5) is 5.69 Å². The third-order valence-electron chi connectivity index (χ3n) is 2.31. The summed E-state index contributed by atoms with van der Waals surface area (Å²) in [5.74, 6) is 2.54. The predicted octanol–water partition coefficient (Wildman–Crippen LogP) is 1.37. The molecule has 1 rings (SSSR count).